The van der Waals surface area contributed by atoms with Gasteiger partial charge in [0.05, 0.1) is 6.61 Å². The zero-order valence-corrected chi connectivity index (χ0v) is 12.7. The van der Waals surface area contributed by atoms with Crippen LogP contribution in [0.15, 0.2) is 24.3 Å². The largest absolute Gasteiger partial charge is 0.383 e. The van der Waals surface area contributed by atoms with Crippen LogP contribution in [0.5, 0.6) is 0 Å². The molecule has 0 saturated heterocycles. The molecule has 0 amide bonds. The second kappa shape index (κ2) is 9.08. The molecule has 0 bridgehead atoms. The summed E-state index contributed by atoms with van der Waals surface area (Å²) in [7, 11) is 1.73. The average molecular weight is 264 g/mol. The van der Waals surface area contributed by atoms with E-state index in [-0.39, 0.29) is 0 Å². The molecule has 1 rings (SSSR count). The van der Waals surface area contributed by atoms with Crippen LogP contribution in [0.25, 0.3) is 0 Å². The third kappa shape index (κ3) is 6.71. The molecule has 0 saturated carbocycles. The minimum atomic E-state index is 0.460. The van der Waals surface area contributed by atoms with E-state index >= 15 is 0 Å². The van der Waals surface area contributed by atoms with Crippen LogP contribution in [-0.4, -0.2) is 32.8 Å². The van der Waals surface area contributed by atoms with Crippen molar-refractivity contribution in [1.29, 1.82) is 0 Å². The summed E-state index contributed by atoms with van der Waals surface area (Å²) in [6.07, 6.45) is 0. The highest BCUT2D eigenvalue weighted by molar-refractivity contribution is 5.24. The Morgan fingerprint density at radius 1 is 1.11 bits per heavy atom. The number of hydrogen-bond acceptors (Lipinski definition) is 3. The standard InChI is InChI=1S/C16H28N2O/c1-13(2)16-7-5-15(6-8-16)12-18-14(3)11-17-9-10-19-4/h5-8,13-14,17-18H,9-12H2,1-4H3. The molecular weight excluding hydrogens is 236 g/mol. The lowest BCUT2D eigenvalue weighted by atomic mass is 10.0. The van der Waals surface area contributed by atoms with Gasteiger partial charge in [0.15, 0.2) is 0 Å². The van der Waals surface area contributed by atoms with Crippen molar-refractivity contribution in [2.45, 2.75) is 39.3 Å². The Morgan fingerprint density at radius 2 is 1.79 bits per heavy atom. The summed E-state index contributed by atoms with van der Waals surface area (Å²) >= 11 is 0. The van der Waals surface area contributed by atoms with Crippen molar-refractivity contribution >= 4 is 0 Å². The summed E-state index contributed by atoms with van der Waals surface area (Å²) in [6.45, 7) is 10.2. The smallest absolute Gasteiger partial charge is 0.0587 e. The van der Waals surface area contributed by atoms with Crippen molar-refractivity contribution in [3.63, 3.8) is 0 Å². The van der Waals surface area contributed by atoms with Gasteiger partial charge in [-0.2, -0.15) is 0 Å². The molecule has 3 heteroatoms. The zero-order chi connectivity index (χ0) is 14.1. The normalized spacial score (nSPS) is 12.9. The molecule has 3 nitrogen and oxygen atoms in total. The van der Waals surface area contributed by atoms with Crippen LogP contribution in [0.2, 0.25) is 0 Å². The molecule has 0 heterocycles. The predicted molar refractivity (Wildman–Crippen MR) is 81.6 cm³/mol. The number of methoxy groups -OCH3 is 1. The molecule has 1 aromatic carbocycles. The van der Waals surface area contributed by atoms with Gasteiger partial charge in [0.1, 0.15) is 0 Å². The van der Waals surface area contributed by atoms with Gasteiger partial charge in [0.2, 0.25) is 0 Å². The SMILES string of the molecule is COCCNCC(C)NCc1ccc(C(C)C)cc1. The third-order valence-corrected chi connectivity index (χ3v) is 3.23. The fourth-order valence-electron chi connectivity index (χ4n) is 1.88. The van der Waals surface area contributed by atoms with Crippen molar-refractivity contribution in [3.8, 4) is 0 Å². The second-order valence-corrected chi connectivity index (χ2v) is 5.38. The molecule has 0 aliphatic heterocycles. The summed E-state index contributed by atoms with van der Waals surface area (Å²) < 4.78 is 5.00. The highest BCUT2D eigenvalue weighted by atomic mass is 16.5. The van der Waals surface area contributed by atoms with Crippen molar-refractivity contribution in [1.82, 2.24) is 10.6 Å². The number of rotatable bonds is 9. The van der Waals surface area contributed by atoms with Gasteiger partial charge >= 0.3 is 0 Å². The van der Waals surface area contributed by atoms with E-state index in [9.17, 15) is 0 Å². The average Bonchev–Trinajstić information content (AvgIpc) is 2.42. The first-order chi connectivity index (χ1) is 9.13. The lowest BCUT2D eigenvalue weighted by Crippen LogP contribution is -2.37. The molecule has 0 fully saturated rings. The van der Waals surface area contributed by atoms with E-state index in [0.717, 1.165) is 26.2 Å². The van der Waals surface area contributed by atoms with E-state index in [1.54, 1.807) is 7.11 Å². The molecule has 19 heavy (non-hydrogen) atoms. The predicted octanol–water partition coefficient (Wildman–Crippen LogP) is 2.52. The number of benzene rings is 1. The highest BCUT2D eigenvalue weighted by Gasteiger charge is 2.02. The Morgan fingerprint density at radius 3 is 2.37 bits per heavy atom. The van der Waals surface area contributed by atoms with Crippen LogP contribution in [0, 0.1) is 0 Å². The monoisotopic (exact) mass is 264 g/mol. The molecule has 1 atom stereocenters. The summed E-state index contributed by atoms with van der Waals surface area (Å²) in [5.41, 5.74) is 2.74. The summed E-state index contributed by atoms with van der Waals surface area (Å²) in [4.78, 5) is 0. The van der Waals surface area contributed by atoms with Gasteiger partial charge in [-0.05, 0) is 24.0 Å². The highest BCUT2D eigenvalue weighted by Crippen LogP contribution is 2.14. The molecule has 2 N–H and O–H groups in total. The summed E-state index contributed by atoms with van der Waals surface area (Å²) in [5.74, 6) is 0.603. The number of ether oxygens (including phenoxy) is 1. The zero-order valence-electron chi connectivity index (χ0n) is 12.7. The fourth-order valence-corrected chi connectivity index (χ4v) is 1.88. The van der Waals surface area contributed by atoms with Crippen LogP contribution in [-0.2, 0) is 11.3 Å². The van der Waals surface area contributed by atoms with Gasteiger partial charge < -0.3 is 15.4 Å². The first-order valence-corrected chi connectivity index (χ1v) is 7.15. The van der Waals surface area contributed by atoms with Crippen LogP contribution in [0.4, 0.5) is 0 Å². The van der Waals surface area contributed by atoms with Crippen LogP contribution in [0.3, 0.4) is 0 Å². The quantitative estimate of drug-likeness (QED) is 0.672. The second-order valence-electron chi connectivity index (χ2n) is 5.38. The Hall–Kier alpha value is -0.900. The maximum Gasteiger partial charge on any atom is 0.0587 e. The first kappa shape index (κ1) is 16.2. The third-order valence-electron chi connectivity index (χ3n) is 3.23. The van der Waals surface area contributed by atoms with Gasteiger partial charge in [0, 0.05) is 32.8 Å². The minimum absolute atomic E-state index is 0.460. The number of hydrogen-bond donors (Lipinski definition) is 2. The topological polar surface area (TPSA) is 33.3 Å². The Bertz CT molecular complexity index is 335. The summed E-state index contributed by atoms with van der Waals surface area (Å²) in [5, 5.41) is 6.88. The first-order valence-electron chi connectivity index (χ1n) is 7.15. The van der Waals surface area contributed by atoms with E-state index < -0.39 is 0 Å². The van der Waals surface area contributed by atoms with Crippen LogP contribution in [0.1, 0.15) is 37.8 Å². The van der Waals surface area contributed by atoms with Gasteiger partial charge in [-0.1, -0.05) is 38.1 Å². The Labute approximate surface area is 117 Å². The maximum absolute atomic E-state index is 5.00. The van der Waals surface area contributed by atoms with Crippen LogP contribution < -0.4 is 10.6 Å². The van der Waals surface area contributed by atoms with Gasteiger partial charge in [0.25, 0.3) is 0 Å². The molecule has 1 aromatic rings. The molecule has 0 spiro atoms. The van der Waals surface area contributed by atoms with E-state index in [1.807, 2.05) is 0 Å². The lowest BCUT2D eigenvalue weighted by molar-refractivity contribution is 0.198. The lowest BCUT2D eigenvalue weighted by Gasteiger charge is -2.15. The van der Waals surface area contributed by atoms with Crippen molar-refractivity contribution in [3.05, 3.63) is 35.4 Å². The number of nitrogens with one attached hydrogen (secondary N) is 2. The molecule has 0 aliphatic carbocycles. The van der Waals surface area contributed by atoms with E-state index in [1.165, 1.54) is 11.1 Å². The van der Waals surface area contributed by atoms with E-state index in [2.05, 4.69) is 55.7 Å². The van der Waals surface area contributed by atoms with Crippen molar-refractivity contribution < 1.29 is 4.74 Å². The Kier molecular flexibility index (Phi) is 7.72. The molecule has 0 radical (unpaired) electrons. The molecular formula is C16H28N2O. The minimum Gasteiger partial charge on any atom is -0.383 e. The fraction of sp³-hybridized carbons (Fsp3) is 0.625. The molecule has 1 unspecified atom stereocenters. The van der Waals surface area contributed by atoms with Gasteiger partial charge in [-0.25, -0.2) is 0 Å². The van der Waals surface area contributed by atoms with Gasteiger partial charge in [-0.3, -0.25) is 0 Å². The summed E-state index contributed by atoms with van der Waals surface area (Å²) in [6, 6.07) is 9.34. The van der Waals surface area contributed by atoms with Gasteiger partial charge in [-0.15, -0.1) is 0 Å². The maximum atomic E-state index is 5.00. The van der Waals surface area contributed by atoms with Crippen molar-refractivity contribution in [2.75, 3.05) is 26.8 Å². The van der Waals surface area contributed by atoms with E-state index in [0.29, 0.717) is 12.0 Å². The van der Waals surface area contributed by atoms with Crippen LogP contribution >= 0.6 is 0 Å². The Balaban J connectivity index is 2.24. The molecule has 0 aliphatic rings. The molecule has 0 aromatic heterocycles. The van der Waals surface area contributed by atoms with Crippen molar-refractivity contribution in [2.24, 2.45) is 0 Å². The van der Waals surface area contributed by atoms with E-state index in [4.69, 9.17) is 4.74 Å². The molecule has 108 valence electrons.